The van der Waals surface area contributed by atoms with Crippen molar-refractivity contribution in [1.29, 1.82) is 0 Å². The van der Waals surface area contributed by atoms with Crippen LogP contribution in [0, 0.1) is 12.3 Å². The Labute approximate surface area is 97.7 Å². The molecule has 1 aromatic rings. The molecule has 0 spiro atoms. The molecule has 1 aliphatic rings. The van der Waals surface area contributed by atoms with E-state index in [0.717, 1.165) is 5.69 Å². The maximum Gasteiger partial charge on any atom is 0.0653 e. The van der Waals surface area contributed by atoms with Crippen LogP contribution in [0.1, 0.15) is 44.0 Å². The van der Waals surface area contributed by atoms with Gasteiger partial charge in [0.2, 0.25) is 0 Å². The first-order valence-corrected chi connectivity index (χ1v) is 6.08. The van der Waals surface area contributed by atoms with Gasteiger partial charge in [-0.15, -0.1) is 0 Å². The van der Waals surface area contributed by atoms with E-state index in [1.807, 2.05) is 6.20 Å². The van der Waals surface area contributed by atoms with E-state index in [1.165, 1.54) is 18.5 Å². The molecule has 0 amide bonds. The molecule has 2 rings (SSSR count). The molecule has 1 N–H and O–H groups in total. The zero-order chi connectivity index (χ0) is 11.8. The van der Waals surface area contributed by atoms with Gasteiger partial charge in [-0.2, -0.15) is 0 Å². The SMILES string of the molecule is CCC1(C)C(NC)CC1c1nccnc1C. The van der Waals surface area contributed by atoms with Crippen molar-refractivity contribution < 1.29 is 0 Å². The Morgan fingerprint density at radius 1 is 1.44 bits per heavy atom. The molecule has 3 nitrogen and oxygen atoms in total. The fraction of sp³-hybridized carbons (Fsp3) is 0.692. The summed E-state index contributed by atoms with van der Waals surface area (Å²) in [4.78, 5) is 8.87. The van der Waals surface area contributed by atoms with E-state index in [9.17, 15) is 0 Å². The number of nitrogens with one attached hydrogen (secondary N) is 1. The van der Waals surface area contributed by atoms with Crippen LogP contribution in [0.4, 0.5) is 0 Å². The van der Waals surface area contributed by atoms with Gasteiger partial charge < -0.3 is 5.32 Å². The van der Waals surface area contributed by atoms with E-state index < -0.39 is 0 Å². The van der Waals surface area contributed by atoms with E-state index in [1.54, 1.807) is 6.20 Å². The number of hydrogen-bond acceptors (Lipinski definition) is 3. The standard InChI is InChI=1S/C13H21N3/c1-5-13(3)10(8-11(13)14-4)12-9(2)15-6-7-16-12/h6-7,10-11,14H,5,8H2,1-4H3. The quantitative estimate of drug-likeness (QED) is 0.847. The second-order valence-corrected chi connectivity index (χ2v) is 5.02. The minimum Gasteiger partial charge on any atom is -0.316 e. The van der Waals surface area contributed by atoms with Crippen molar-refractivity contribution in [1.82, 2.24) is 15.3 Å². The summed E-state index contributed by atoms with van der Waals surface area (Å²) >= 11 is 0. The third-order valence-corrected chi connectivity index (χ3v) is 4.42. The largest absolute Gasteiger partial charge is 0.316 e. The molecule has 0 bridgehead atoms. The first-order valence-electron chi connectivity index (χ1n) is 6.08. The van der Waals surface area contributed by atoms with Crippen LogP contribution in [-0.2, 0) is 0 Å². The molecule has 1 aromatic heterocycles. The molecule has 0 radical (unpaired) electrons. The van der Waals surface area contributed by atoms with E-state index in [-0.39, 0.29) is 0 Å². The van der Waals surface area contributed by atoms with Crippen LogP contribution in [0.3, 0.4) is 0 Å². The Bertz CT molecular complexity index is 377. The molecule has 3 unspecified atom stereocenters. The average molecular weight is 219 g/mol. The predicted octanol–water partition coefficient (Wildman–Crippen LogP) is 2.28. The van der Waals surface area contributed by atoms with Crippen molar-refractivity contribution in [3.63, 3.8) is 0 Å². The van der Waals surface area contributed by atoms with Crippen LogP contribution in [0.5, 0.6) is 0 Å². The first kappa shape index (κ1) is 11.5. The molecular weight excluding hydrogens is 198 g/mol. The van der Waals surface area contributed by atoms with Crippen LogP contribution in [0.25, 0.3) is 0 Å². The van der Waals surface area contributed by atoms with Crippen molar-refractivity contribution in [2.24, 2.45) is 5.41 Å². The second kappa shape index (κ2) is 4.13. The molecule has 3 heteroatoms. The molecule has 1 saturated carbocycles. The lowest BCUT2D eigenvalue weighted by atomic mass is 9.55. The maximum absolute atomic E-state index is 4.52. The van der Waals surface area contributed by atoms with Gasteiger partial charge >= 0.3 is 0 Å². The van der Waals surface area contributed by atoms with Gasteiger partial charge in [-0.25, -0.2) is 0 Å². The van der Waals surface area contributed by atoms with E-state index in [4.69, 9.17) is 0 Å². The molecule has 1 aliphatic carbocycles. The Morgan fingerprint density at radius 2 is 2.12 bits per heavy atom. The molecule has 0 aromatic carbocycles. The number of nitrogens with zero attached hydrogens (tertiary/aromatic N) is 2. The molecule has 0 saturated heterocycles. The van der Waals surface area contributed by atoms with Crippen LogP contribution in [0.2, 0.25) is 0 Å². The number of aromatic nitrogens is 2. The van der Waals surface area contributed by atoms with Crippen molar-refractivity contribution in [3.05, 3.63) is 23.8 Å². The predicted molar refractivity (Wildman–Crippen MR) is 65.4 cm³/mol. The Hall–Kier alpha value is -0.960. The monoisotopic (exact) mass is 219 g/mol. The van der Waals surface area contributed by atoms with Gasteiger partial charge in [0.25, 0.3) is 0 Å². The van der Waals surface area contributed by atoms with Crippen LogP contribution >= 0.6 is 0 Å². The van der Waals surface area contributed by atoms with Crippen molar-refractivity contribution in [2.45, 2.75) is 45.6 Å². The molecule has 88 valence electrons. The van der Waals surface area contributed by atoms with Gasteiger partial charge in [-0.1, -0.05) is 13.8 Å². The minimum atomic E-state index is 0.329. The molecule has 3 atom stereocenters. The second-order valence-electron chi connectivity index (χ2n) is 5.02. The Balaban J connectivity index is 2.28. The Morgan fingerprint density at radius 3 is 2.69 bits per heavy atom. The molecule has 1 fully saturated rings. The lowest BCUT2D eigenvalue weighted by Crippen LogP contribution is -2.56. The summed E-state index contributed by atoms with van der Waals surface area (Å²) in [6.07, 6.45) is 5.95. The van der Waals surface area contributed by atoms with Gasteiger partial charge in [0.1, 0.15) is 0 Å². The zero-order valence-corrected chi connectivity index (χ0v) is 10.6. The van der Waals surface area contributed by atoms with Gasteiger partial charge in [0.05, 0.1) is 11.4 Å². The first-order chi connectivity index (χ1) is 7.63. The summed E-state index contributed by atoms with van der Waals surface area (Å²) in [6.45, 7) is 6.68. The number of hydrogen-bond donors (Lipinski definition) is 1. The van der Waals surface area contributed by atoms with Crippen molar-refractivity contribution in [2.75, 3.05) is 7.05 Å². The lowest BCUT2D eigenvalue weighted by molar-refractivity contribution is 0.0464. The summed E-state index contributed by atoms with van der Waals surface area (Å²) in [5.74, 6) is 0.559. The summed E-state index contributed by atoms with van der Waals surface area (Å²) in [7, 11) is 2.05. The van der Waals surface area contributed by atoms with Gasteiger partial charge in [0.15, 0.2) is 0 Å². The maximum atomic E-state index is 4.52. The highest BCUT2D eigenvalue weighted by atomic mass is 14.9. The van der Waals surface area contributed by atoms with Crippen LogP contribution < -0.4 is 5.32 Å². The highest BCUT2D eigenvalue weighted by Crippen LogP contribution is 2.54. The Kier molecular flexibility index (Phi) is 2.98. The van der Waals surface area contributed by atoms with E-state index >= 15 is 0 Å². The lowest BCUT2D eigenvalue weighted by Gasteiger charge is -2.54. The molecule has 1 heterocycles. The summed E-state index contributed by atoms with van der Waals surface area (Å²) in [5, 5.41) is 3.41. The highest BCUT2D eigenvalue weighted by molar-refractivity contribution is 5.24. The molecule has 16 heavy (non-hydrogen) atoms. The summed E-state index contributed by atoms with van der Waals surface area (Å²) in [5.41, 5.74) is 2.61. The zero-order valence-electron chi connectivity index (χ0n) is 10.6. The third-order valence-electron chi connectivity index (χ3n) is 4.42. The number of rotatable bonds is 3. The summed E-state index contributed by atoms with van der Waals surface area (Å²) in [6, 6.07) is 0.615. The van der Waals surface area contributed by atoms with Crippen molar-refractivity contribution in [3.8, 4) is 0 Å². The molecular formula is C13H21N3. The highest BCUT2D eigenvalue weighted by Gasteiger charge is 2.51. The van der Waals surface area contributed by atoms with E-state index in [2.05, 4.69) is 43.1 Å². The van der Waals surface area contributed by atoms with Crippen LogP contribution in [-0.4, -0.2) is 23.1 Å². The average Bonchev–Trinajstić information content (AvgIpc) is 2.29. The van der Waals surface area contributed by atoms with Crippen molar-refractivity contribution >= 4 is 0 Å². The fourth-order valence-electron chi connectivity index (χ4n) is 2.98. The fourth-order valence-corrected chi connectivity index (χ4v) is 2.98. The molecule has 0 aliphatic heterocycles. The van der Waals surface area contributed by atoms with Crippen LogP contribution in [0.15, 0.2) is 12.4 Å². The number of aryl methyl sites for hydroxylation is 1. The van der Waals surface area contributed by atoms with E-state index in [0.29, 0.717) is 17.4 Å². The topological polar surface area (TPSA) is 37.8 Å². The summed E-state index contributed by atoms with van der Waals surface area (Å²) < 4.78 is 0. The van der Waals surface area contributed by atoms with Gasteiger partial charge in [0, 0.05) is 24.4 Å². The van der Waals surface area contributed by atoms with Gasteiger partial charge in [-0.05, 0) is 32.2 Å². The van der Waals surface area contributed by atoms with Gasteiger partial charge in [-0.3, -0.25) is 9.97 Å². The minimum absolute atomic E-state index is 0.329. The normalized spacial score (nSPS) is 33.5. The smallest absolute Gasteiger partial charge is 0.0653 e. The third kappa shape index (κ3) is 1.54.